The highest BCUT2D eigenvalue weighted by molar-refractivity contribution is 5.03. The van der Waals surface area contributed by atoms with Crippen LogP contribution in [-0.4, -0.2) is 10.2 Å². The minimum Gasteiger partial charge on any atom is -0.413 e. The molecule has 0 N–H and O–H groups in total. The molecule has 0 fully saturated rings. The van der Waals surface area contributed by atoms with E-state index >= 15 is 0 Å². The Balaban J connectivity index is 2.91. The molecule has 0 spiro atoms. The summed E-state index contributed by atoms with van der Waals surface area (Å²) in [5, 5.41) is 15.4. The fourth-order valence-corrected chi connectivity index (χ4v) is 0.513. The molecule has 1 aromatic heterocycles. The van der Waals surface area contributed by atoms with Crippen molar-refractivity contribution < 1.29 is 4.42 Å². The van der Waals surface area contributed by atoms with E-state index in [0.717, 1.165) is 0 Å². The van der Waals surface area contributed by atoms with Crippen LogP contribution in [0.1, 0.15) is 31.5 Å². The van der Waals surface area contributed by atoms with E-state index in [1.54, 1.807) is 6.07 Å². The maximum absolute atomic E-state index is 8.29. The van der Waals surface area contributed by atoms with Crippen LogP contribution in [0.2, 0.25) is 0 Å². The second-order valence-electron chi connectivity index (χ2n) is 2.21. The molecule has 0 aliphatic carbocycles. The van der Waals surface area contributed by atoms with Crippen molar-refractivity contribution in [1.29, 1.82) is 5.26 Å². The Morgan fingerprint density at radius 1 is 1.50 bits per heavy atom. The molecule has 0 atom stereocenters. The number of hydrogen-bond acceptors (Lipinski definition) is 4. The third kappa shape index (κ3) is 1.13. The van der Waals surface area contributed by atoms with Gasteiger partial charge in [-0.1, -0.05) is 18.9 Å². The molecule has 1 aromatic rings. The lowest BCUT2D eigenvalue weighted by atomic mass is 10.2. The van der Waals surface area contributed by atoms with Crippen molar-refractivity contribution in [3.8, 4) is 6.07 Å². The summed E-state index contributed by atoms with van der Waals surface area (Å²) in [6, 6.07) is 1.76. The first kappa shape index (κ1) is 6.75. The fourth-order valence-electron chi connectivity index (χ4n) is 0.513. The predicted molar refractivity (Wildman–Crippen MR) is 33.1 cm³/mol. The lowest BCUT2D eigenvalue weighted by molar-refractivity contribution is 0.460. The molecule has 4 nitrogen and oxygen atoms in total. The molecule has 0 aromatic carbocycles. The Bertz CT molecular complexity index is 258. The van der Waals surface area contributed by atoms with Crippen molar-refractivity contribution in [1.82, 2.24) is 10.2 Å². The minimum atomic E-state index is 0.0312. The van der Waals surface area contributed by atoms with Gasteiger partial charge in [-0.3, -0.25) is 0 Å². The van der Waals surface area contributed by atoms with Crippen LogP contribution in [0.15, 0.2) is 4.42 Å². The van der Waals surface area contributed by atoms with Gasteiger partial charge in [-0.2, -0.15) is 5.26 Å². The highest BCUT2D eigenvalue weighted by Crippen LogP contribution is 2.10. The van der Waals surface area contributed by atoms with Crippen LogP contribution in [0.5, 0.6) is 0 Å². The van der Waals surface area contributed by atoms with Gasteiger partial charge >= 0.3 is 5.89 Å². The largest absolute Gasteiger partial charge is 0.413 e. The zero-order chi connectivity index (χ0) is 7.56. The van der Waals surface area contributed by atoms with Gasteiger partial charge in [0.1, 0.15) is 0 Å². The van der Waals surface area contributed by atoms with Crippen molar-refractivity contribution in [3.63, 3.8) is 0 Å². The van der Waals surface area contributed by atoms with Crippen LogP contribution in [0.3, 0.4) is 0 Å². The molecule has 1 heterocycles. The fraction of sp³-hybridized carbons (Fsp3) is 0.500. The molecule has 0 amide bonds. The summed E-state index contributed by atoms with van der Waals surface area (Å²) < 4.78 is 4.91. The molecule has 1 rings (SSSR count). The van der Waals surface area contributed by atoms with Gasteiger partial charge in [0.25, 0.3) is 0 Å². The van der Waals surface area contributed by atoms with E-state index in [1.807, 2.05) is 13.8 Å². The van der Waals surface area contributed by atoms with Crippen molar-refractivity contribution in [2.24, 2.45) is 0 Å². The van der Waals surface area contributed by atoms with Gasteiger partial charge in [0.05, 0.1) is 0 Å². The Hall–Kier alpha value is -1.37. The molecule has 4 heteroatoms. The van der Waals surface area contributed by atoms with Crippen LogP contribution in [-0.2, 0) is 0 Å². The van der Waals surface area contributed by atoms with E-state index in [9.17, 15) is 0 Å². The molecule has 0 aliphatic rings. The second-order valence-corrected chi connectivity index (χ2v) is 2.21. The summed E-state index contributed by atoms with van der Waals surface area (Å²) in [4.78, 5) is 0. The maximum atomic E-state index is 8.29. The molecule has 0 aliphatic heterocycles. The monoisotopic (exact) mass is 137 g/mol. The molecule has 0 unspecified atom stereocenters. The molecule has 0 radical (unpaired) electrons. The third-order valence-corrected chi connectivity index (χ3v) is 1.03. The van der Waals surface area contributed by atoms with Gasteiger partial charge in [0.15, 0.2) is 6.07 Å². The smallest absolute Gasteiger partial charge is 0.321 e. The average Bonchev–Trinajstić information content (AvgIpc) is 2.34. The molecule has 0 bridgehead atoms. The van der Waals surface area contributed by atoms with E-state index in [0.29, 0.717) is 5.89 Å². The quantitative estimate of drug-likeness (QED) is 0.580. The molecule has 0 saturated heterocycles. The summed E-state index contributed by atoms with van der Waals surface area (Å²) in [6.07, 6.45) is 0. The van der Waals surface area contributed by atoms with E-state index in [1.165, 1.54) is 0 Å². The Labute approximate surface area is 58.5 Å². The lowest BCUT2D eigenvalue weighted by Crippen LogP contribution is -1.85. The van der Waals surface area contributed by atoms with Crippen molar-refractivity contribution >= 4 is 0 Å². The zero-order valence-electron chi connectivity index (χ0n) is 5.83. The number of nitriles is 1. The highest BCUT2D eigenvalue weighted by Gasteiger charge is 2.07. The zero-order valence-corrected chi connectivity index (χ0v) is 5.83. The Kier molecular flexibility index (Phi) is 1.67. The molecule has 10 heavy (non-hydrogen) atoms. The van der Waals surface area contributed by atoms with Gasteiger partial charge in [0, 0.05) is 5.92 Å². The van der Waals surface area contributed by atoms with E-state index < -0.39 is 0 Å². The standard InChI is InChI=1S/C6H7N3O/c1-4(2)6-9-8-5(3-7)10-6/h4H,1-2H3. The van der Waals surface area contributed by atoms with E-state index in [2.05, 4.69) is 10.2 Å². The number of rotatable bonds is 1. The Morgan fingerprint density at radius 2 is 2.20 bits per heavy atom. The number of nitrogens with zero attached hydrogens (tertiary/aromatic N) is 3. The number of hydrogen-bond donors (Lipinski definition) is 0. The average molecular weight is 137 g/mol. The van der Waals surface area contributed by atoms with Gasteiger partial charge in [-0.05, 0) is 0 Å². The van der Waals surface area contributed by atoms with Crippen molar-refractivity contribution in [2.45, 2.75) is 19.8 Å². The normalized spacial score (nSPS) is 9.80. The third-order valence-electron chi connectivity index (χ3n) is 1.03. The first-order chi connectivity index (χ1) is 4.74. The second kappa shape index (κ2) is 2.48. The van der Waals surface area contributed by atoms with Gasteiger partial charge in [-0.15, -0.1) is 5.10 Å². The van der Waals surface area contributed by atoms with Gasteiger partial charge in [0.2, 0.25) is 5.89 Å². The van der Waals surface area contributed by atoms with Crippen LogP contribution in [0, 0.1) is 11.3 Å². The minimum absolute atomic E-state index is 0.0312. The van der Waals surface area contributed by atoms with Crippen LogP contribution >= 0.6 is 0 Å². The van der Waals surface area contributed by atoms with E-state index in [-0.39, 0.29) is 11.8 Å². The first-order valence-electron chi connectivity index (χ1n) is 2.97. The van der Waals surface area contributed by atoms with Gasteiger partial charge in [-0.25, -0.2) is 0 Å². The summed E-state index contributed by atoms with van der Waals surface area (Å²) in [5.41, 5.74) is 0. The summed E-state index contributed by atoms with van der Waals surface area (Å²) >= 11 is 0. The van der Waals surface area contributed by atoms with Gasteiger partial charge < -0.3 is 4.42 Å². The molecule has 52 valence electrons. The molecular weight excluding hydrogens is 130 g/mol. The SMILES string of the molecule is CC(C)c1nnc(C#N)o1. The lowest BCUT2D eigenvalue weighted by Gasteiger charge is -1.91. The summed E-state index contributed by atoms with van der Waals surface area (Å²) in [5.74, 6) is 0.731. The van der Waals surface area contributed by atoms with Crippen molar-refractivity contribution in [2.75, 3.05) is 0 Å². The molecule has 0 saturated carbocycles. The van der Waals surface area contributed by atoms with E-state index in [4.69, 9.17) is 9.68 Å². The van der Waals surface area contributed by atoms with Crippen LogP contribution < -0.4 is 0 Å². The topological polar surface area (TPSA) is 62.7 Å². The predicted octanol–water partition coefficient (Wildman–Crippen LogP) is 1.06. The van der Waals surface area contributed by atoms with Crippen molar-refractivity contribution in [3.05, 3.63) is 11.8 Å². The Morgan fingerprint density at radius 3 is 2.50 bits per heavy atom. The van der Waals surface area contributed by atoms with Crippen LogP contribution in [0.4, 0.5) is 0 Å². The first-order valence-corrected chi connectivity index (χ1v) is 2.97. The number of aromatic nitrogens is 2. The van der Waals surface area contributed by atoms with Crippen LogP contribution in [0.25, 0.3) is 0 Å². The summed E-state index contributed by atoms with van der Waals surface area (Å²) in [6.45, 7) is 3.85. The summed E-state index contributed by atoms with van der Waals surface area (Å²) in [7, 11) is 0. The highest BCUT2D eigenvalue weighted by atomic mass is 16.4. The molecular formula is C6H7N3O. The maximum Gasteiger partial charge on any atom is 0.321 e.